The third-order valence-electron chi connectivity index (χ3n) is 4.30. The molecule has 0 aliphatic carbocycles. The molecule has 0 aromatic heterocycles. The van der Waals surface area contributed by atoms with E-state index in [1.807, 2.05) is 37.3 Å². The van der Waals surface area contributed by atoms with Gasteiger partial charge >= 0.3 is 0 Å². The van der Waals surface area contributed by atoms with Crippen LogP contribution in [0.15, 0.2) is 70.2 Å². The fourth-order valence-electron chi connectivity index (χ4n) is 2.62. The van der Waals surface area contributed by atoms with Gasteiger partial charge in [-0.3, -0.25) is 4.79 Å². The van der Waals surface area contributed by atoms with Gasteiger partial charge in [-0.2, -0.15) is 10.4 Å². The minimum absolute atomic E-state index is 0.237. The number of amides is 1. The smallest absolute Gasteiger partial charge is 0.271 e. The van der Waals surface area contributed by atoms with Crippen LogP contribution in [0.2, 0.25) is 5.02 Å². The average Bonchev–Trinajstić information content (AvgIpc) is 2.75. The number of aryl methyl sites for hydroxylation is 1. The van der Waals surface area contributed by atoms with Crippen LogP contribution in [0.3, 0.4) is 0 Å². The number of nitrogens with zero attached hydrogens (tertiary/aromatic N) is 2. The van der Waals surface area contributed by atoms with Crippen LogP contribution in [0.5, 0.6) is 5.75 Å². The third-order valence-corrected chi connectivity index (χ3v) is 5.20. The van der Waals surface area contributed by atoms with Gasteiger partial charge in [0.15, 0.2) is 0 Å². The molecular formula is C23H17BrClN3O2. The maximum absolute atomic E-state index is 12.3. The molecule has 0 aliphatic heterocycles. The number of hydrogen-bond donors (Lipinski definition) is 1. The highest BCUT2D eigenvalue weighted by Crippen LogP contribution is 2.23. The van der Waals surface area contributed by atoms with Crippen LogP contribution < -0.4 is 10.2 Å². The highest BCUT2D eigenvalue weighted by molar-refractivity contribution is 9.10. The largest absolute Gasteiger partial charge is 0.488 e. The molecule has 0 spiro atoms. The molecule has 0 saturated carbocycles. The molecule has 3 rings (SSSR count). The molecule has 1 N–H and O–H groups in total. The first kappa shape index (κ1) is 21.6. The van der Waals surface area contributed by atoms with Crippen LogP contribution in [0.1, 0.15) is 32.6 Å². The van der Waals surface area contributed by atoms with Crippen molar-refractivity contribution in [3.8, 4) is 11.8 Å². The molecule has 0 aliphatic rings. The molecule has 0 bridgehead atoms. The Morgan fingerprint density at radius 2 is 2.03 bits per heavy atom. The first-order valence-electron chi connectivity index (χ1n) is 8.98. The van der Waals surface area contributed by atoms with Gasteiger partial charge in [-0.1, -0.05) is 51.8 Å². The number of halogens is 2. The van der Waals surface area contributed by atoms with Crippen LogP contribution in [0.25, 0.3) is 0 Å². The van der Waals surface area contributed by atoms with Crippen LogP contribution >= 0.6 is 27.5 Å². The van der Waals surface area contributed by atoms with Crippen molar-refractivity contribution in [2.75, 3.05) is 0 Å². The number of hydrazone groups is 1. The van der Waals surface area contributed by atoms with Crippen LogP contribution in [0.4, 0.5) is 0 Å². The number of carbonyl (C=O) groups is 1. The summed E-state index contributed by atoms with van der Waals surface area (Å²) in [5.41, 5.74) is 5.82. The molecule has 0 radical (unpaired) electrons. The summed E-state index contributed by atoms with van der Waals surface area (Å²) in [4.78, 5) is 12.3. The first-order chi connectivity index (χ1) is 14.5. The summed E-state index contributed by atoms with van der Waals surface area (Å²) in [6, 6.07) is 19.9. The van der Waals surface area contributed by atoms with E-state index in [4.69, 9.17) is 16.3 Å². The monoisotopic (exact) mass is 481 g/mol. The summed E-state index contributed by atoms with van der Waals surface area (Å²) in [5, 5.41) is 13.8. The molecule has 0 saturated heterocycles. The van der Waals surface area contributed by atoms with Crippen molar-refractivity contribution in [2.45, 2.75) is 13.5 Å². The molecule has 0 fully saturated rings. The number of rotatable bonds is 6. The summed E-state index contributed by atoms with van der Waals surface area (Å²) >= 11 is 9.50. The van der Waals surface area contributed by atoms with Crippen molar-refractivity contribution in [1.82, 2.24) is 5.43 Å². The van der Waals surface area contributed by atoms with Crippen LogP contribution in [0, 0.1) is 18.3 Å². The fraction of sp³-hybridized carbons (Fsp3) is 0.0870. The van der Waals surface area contributed by atoms with E-state index in [1.54, 1.807) is 30.3 Å². The van der Waals surface area contributed by atoms with Gasteiger partial charge in [0.2, 0.25) is 0 Å². The van der Waals surface area contributed by atoms with Gasteiger partial charge < -0.3 is 4.74 Å². The van der Waals surface area contributed by atoms with Crippen LogP contribution in [-0.2, 0) is 6.61 Å². The Balaban J connectivity index is 1.72. The zero-order valence-corrected chi connectivity index (χ0v) is 18.4. The van der Waals surface area contributed by atoms with Gasteiger partial charge in [0.05, 0.1) is 17.8 Å². The SMILES string of the molecule is Cc1ccc(C(=O)NN=Cc2cc(Br)ccc2OCc2ccccc2C#N)cc1Cl. The lowest BCUT2D eigenvalue weighted by atomic mass is 10.1. The zero-order valence-electron chi connectivity index (χ0n) is 16.0. The molecule has 3 aromatic carbocycles. The van der Waals surface area contributed by atoms with Crippen molar-refractivity contribution in [3.05, 3.63) is 98.0 Å². The Morgan fingerprint density at radius 3 is 2.80 bits per heavy atom. The number of benzene rings is 3. The number of hydrogen-bond acceptors (Lipinski definition) is 4. The van der Waals surface area contributed by atoms with Gasteiger partial charge in [0.1, 0.15) is 12.4 Å². The summed E-state index contributed by atoms with van der Waals surface area (Å²) in [5.74, 6) is 0.205. The van der Waals surface area contributed by atoms with Gasteiger partial charge in [-0.05, 0) is 48.9 Å². The van der Waals surface area contributed by atoms with Crippen LogP contribution in [-0.4, -0.2) is 12.1 Å². The van der Waals surface area contributed by atoms with E-state index in [1.165, 1.54) is 6.21 Å². The van der Waals surface area contributed by atoms with E-state index in [-0.39, 0.29) is 12.5 Å². The second-order valence-electron chi connectivity index (χ2n) is 6.40. The lowest BCUT2D eigenvalue weighted by Gasteiger charge is -2.10. The van der Waals surface area contributed by atoms with Crippen molar-refractivity contribution >= 4 is 39.7 Å². The maximum atomic E-state index is 12.3. The maximum Gasteiger partial charge on any atom is 0.271 e. The summed E-state index contributed by atoms with van der Waals surface area (Å²) in [7, 11) is 0. The Hall–Kier alpha value is -3.14. The lowest BCUT2D eigenvalue weighted by Crippen LogP contribution is -2.17. The van der Waals surface area contributed by atoms with Crippen molar-refractivity contribution in [3.63, 3.8) is 0 Å². The van der Waals surface area contributed by atoms with E-state index >= 15 is 0 Å². The number of carbonyl (C=O) groups excluding carboxylic acids is 1. The standard InChI is InChI=1S/C23H17BrClN3O2/c1-15-6-7-16(11-21(15)25)23(29)28-27-13-19-10-20(24)8-9-22(19)30-14-18-5-3-2-4-17(18)12-26/h2-11,13H,14H2,1H3,(H,28,29). The Labute approximate surface area is 188 Å². The predicted octanol–water partition coefficient (Wildman–Crippen LogP) is 5.63. The average molecular weight is 483 g/mol. The molecule has 0 atom stereocenters. The van der Waals surface area contributed by atoms with E-state index in [0.717, 1.165) is 15.6 Å². The highest BCUT2D eigenvalue weighted by Gasteiger charge is 2.08. The minimum Gasteiger partial charge on any atom is -0.488 e. The second-order valence-corrected chi connectivity index (χ2v) is 7.73. The van der Waals surface area contributed by atoms with Crippen molar-refractivity contribution in [2.24, 2.45) is 5.10 Å². The van der Waals surface area contributed by atoms with Gasteiger partial charge in [-0.25, -0.2) is 5.43 Å². The molecule has 7 heteroatoms. The van der Waals surface area contributed by atoms with E-state index in [9.17, 15) is 10.1 Å². The molecule has 3 aromatic rings. The molecule has 0 unspecified atom stereocenters. The topological polar surface area (TPSA) is 74.5 Å². The Kier molecular flexibility index (Phi) is 7.23. The number of nitriles is 1. The molecule has 30 heavy (non-hydrogen) atoms. The molecule has 5 nitrogen and oxygen atoms in total. The zero-order chi connectivity index (χ0) is 21.5. The molecule has 0 heterocycles. The fourth-order valence-corrected chi connectivity index (χ4v) is 3.18. The van der Waals surface area contributed by atoms with Crippen molar-refractivity contribution < 1.29 is 9.53 Å². The van der Waals surface area contributed by atoms with E-state index < -0.39 is 0 Å². The van der Waals surface area contributed by atoms with Gasteiger partial charge in [0, 0.05) is 26.2 Å². The number of ether oxygens (including phenoxy) is 1. The van der Waals surface area contributed by atoms with Crippen molar-refractivity contribution in [1.29, 1.82) is 5.26 Å². The summed E-state index contributed by atoms with van der Waals surface area (Å²) in [6.45, 7) is 2.10. The molecule has 150 valence electrons. The number of nitrogens with one attached hydrogen (secondary N) is 1. The summed E-state index contributed by atoms with van der Waals surface area (Å²) < 4.78 is 6.74. The predicted molar refractivity (Wildman–Crippen MR) is 121 cm³/mol. The molecular weight excluding hydrogens is 466 g/mol. The Bertz CT molecular complexity index is 1160. The first-order valence-corrected chi connectivity index (χ1v) is 10.1. The third kappa shape index (κ3) is 5.47. The van der Waals surface area contributed by atoms with Gasteiger partial charge in [-0.15, -0.1) is 0 Å². The quantitative estimate of drug-likeness (QED) is 0.366. The van der Waals surface area contributed by atoms with E-state index in [2.05, 4.69) is 32.5 Å². The highest BCUT2D eigenvalue weighted by atomic mass is 79.9. The molecule has 1 amide bonds. The Morgan fingerprint density at radius 1 is 1.23 bits per heavy atom. The minimum atomic E-state index is -0.367. The lowest BCUT2D eigenvalue weighted by molar-refractivity contribution is 0.0955. The van der Waals surface area contributed by atoms with Gasteiger partial charge in [0.25, 0.3) is 5.91 Å². The second kappa shape index (κ2) is 10.1. The van der Waals surface area contributed by atoms with E-state index in [0.29, 0.717) is 27.5 Å². The summed E-state index contributed by atoms with van der Waals surface area (Å²) in [6.07, 6.45) is 1.50. The normalized spacial score (nSPS) is 10.6.